The second kappa shape index (κ2) is 9.75. The molecular formula is C21H22FN3O3. The topological polar surface area (TPSA) is 77.2 Å². The zero-order chi connectivity index (χ0) is 19.8. The van der Waals surface area contributed by atoms with Crippen molar-refractivity contribution < 1.29 is 18.3 Å². The number of hydrogen-bond acceptors (Lipinski definition) is 5. The number of halogens is 1. The van der Waals surface area contributed by atoms with E-state index in [1.54, 1.807) is 13.2 Å². The smallest absolute Gasteiger partial charge is 0.249 e. The van der Waals surface area contributed by atoms with Gasteiger partial charge in [0.2, 0.25) is 17.7 Å². The van der Waals surface area contributed by atoms with Gasteiger partial charge >= 0.3 is 0 Å². The van der Waals surface area contributed by atoms with Gasteiger partial charge in [-0.1, -0.05) is 42.5 Å². The van der Waals surface area contributed by atoms with Crippen LogP contribution in [0.2, 0.25) is 0 Å². The summed E-state index contributed by atoms with van der Waals surface area (Å²) in [6.45, 7) is 0.442. The van der Waals surface area contributed by atoms with Gasteiger partial charge in [0.15, 0.2) is 6.10 Å². The van der Waals surface area contributed by atoms with E-state index in [0.717, 1.165) is 11.1 Å². The fourth-order valence-corrected chi connectivity index (χ4v) is 2.83. The molecule has 2 aromatic carbocycles. The Labute approximate surface area is 162 Å². The number of nitrogens with zero attached hydrogens (tertiary/aromatic N) is 2. The fraction of sp³-hybridized carbons (Fsp3) is 0.286. The van der Waals surface area contributed by atoms with Crippen molar-refractivity contribution in [1.82, 2.24) is 15.5 Å². The van der Waals surface area contributed by atoms with Crippen LogP contribution in [0.1, 0.15) is 35.4 Å². The summed E-state index contributed by atoms with van der Waals surface area (Å²) in [6, 6.07) is 15.9. The largest absolute Gasteiger partial charge is 0.422 e. The average Bonchev–Trinajstić information content (AvgIpc) is 3.17. The van der Waals surface area contributed by atoms with Crippen LogP contribution in [0.25, 0.3) is 0 Å². The molecule has 146 valence electrons. The van der Waals surface area contributed by atoms with Crippen LogP contribution in [-0.4, -0.2) is 29.8 Å². The minimum absolute atomic E-state index is 0.123. The number of carbonyl (C=O) groups is 1. The minimum Gasteiger partial charge on any atom is -0.422 e. The molecule has 1 heterocycles. The first-order valence-electron chi connectivity index (χ1n) is 9.07. The lowest BCUT2D eigenvalue weighted by atomic mass is 10.1. The van der Waals surface area contributed by atoms with E-state index in [0.29, 0.717) is 31.2 Å². The molecule has 1 aromatic heterocycles. The number of nitrogens with one attached hydrogen (secondary N) is 1. The predicted octanol–water partition coefficient (Wildman–Crippen LogP) is 3.24. The van der Waals surface area contributed by atoms with E-state index in [9.17, 15) is 9.18 Å². The Morgan fingerprint density at radius 3 is 2.71 bits per heavy atom. The number of aromatic nitrogens is 2. The maximum Gasteiger partial charge on any atom is 0.249 e. The first-order chi connectivity index (χ1) is 13.7. The zero-order valence-corrected chi connectivity index (χ0v) is 15.6. The van der Waals surface area contributed by atoms with Crippen LogP contribution in [0.5, 0.6) is 0 Å². The highest BCUT2D eigenvalue weighted by molar-refractivity contribution is 5.76. The molecule has 0 spiro atoms. The molecule has 0 aliphatic rings. The summed E-state index contributed by atoms with van der Waals surface area (Å²) in [5.41, 5.74) is 1.75. The molecule has 0 fully saturated rings. The van der Waals surface area contributed by atoms with E-state index in [1.165, 1.54) is 12.1 Å². The number of benzene rings is 2. The van der Waals surface area contributed by atoms with Gasteiger partial charge in [-0.25, -0.2) is 4.39 Å². The van der Waals surface area contributed by atoms with Crippen LogP contribution in [0.3, 0.4) is 0 Å². The first-order valence-corrected chi connectivity index (χ1v) is 9.07. The summed E-state index contributed by atoms with van der Waals surface area (Å²) in [7, 11) is 1.58. The molecule has 3 rings (SSSR count). The molecule has 28 heavy (non-hydrogen) atoms. The van der Waals surface area contributed by atoms with Crippen LogP contribution >= 0.6 is 0 Å². The molecule has 6 nitrogen and oxygen atoms in total. The molecule has 3 aromatic rings. The average molecular weight is 383 g/mol. The van der Waals surface area contributed by atoms with Crippen LogP contribution in [-0.2, 0) is 22.4 Å². The third kappa shape index (κ3) is 5.47. The summed E-state index contributed by atoms with van der Waals surface area (Å²) >= 11 is 0. The number of aryl methyl sites for hydroxylation is 1. The van der Waals surface area contributed by atoms with Gasteiger partial charge in [-0.3, -0.25) is 4.79 Å². The van der Waals surface area contributed by atoms with E-state index >= 15 is 0 Å². The van der Waals surface area contributed by atoms with Crippen LogP contribution in [0, 0.1) is 5.82 Å². The Kier molecular flexibility index (Phi) is 6.86. The maximum atomic E-state index is 13.1. The third-order valence-electron chi connectivity index (χ3n) is 4.24. The fourth-order valence-electron chi connectivity index (χ4n) is 2.83. The van der Waals surface area contributed by atoms with E-state index in [-0.39, 0.29) is 18.1 Å². The third-order valence-corrected chi connectivity index (χ3v) is 4.24. The SMILES string of the molecule is CO[C@H](c1ccccc1)c1nnc(CCC(=O)NCCc2cccc(F)c2)o1. The summed E-state index contributed by atoms with van der Waals surface area (Å²) < 4.78 is 24.3. The summed E-state index contributed by atoms with van der Waals surface area (Å²) in [5, 5.41) is 10.9. The molecule has 0 aliphatic heterocycles. The molecule has 0 unspecified atom stereocenters. The van der Waals surface area contributed by atoms with Crippen molar-refractivity contribution in [1.29, 1.82) is 0 Å². The number of methoxy groups -OCH3 is 1. The van der Waals surface area contributed by atoms with Crippen LogP contribution < -0.4 is 5.32 Å². The zero-order valence-electron chi connectivity index (χ0n) is 15.6. The highest BCUT2D eigenvalue weighted by Gasteiger charge is 2.20. The Morgan fingerprint density at radius 2 is 1.96 bits per heavy atom. The van der Waals surface area contributed by atoms with Gasteiger partial charge in [-0.15, -0.1) is 10.2 Å². The van der Waals surface area contributed by atoms with Crippen molar-refractivity contribution in [3.63, 3.8) is 0 Å². The Balaban J connectivity index is 1.46. The molecule has 0 saturated heterocycles. The van der Waals surface area contributed by atoms with Gasteiger partial charge in [-0.2, -0.15) is 0 Å². The highest BCUT2D eigenvalue weighted by atomic mass is 19.1. The highest BCUT2D eigenvalue weighted by Crippen LogP contribution is 2.24. The van der Waals surface area contributed by atoms with Crippen molar-refractivity contribution in [2.24, 2.45) is 0 Å². The van der Waals surface area contributed by atoms with Gasteiger partial charge < -0.3 is 14.5 Å². The van der Waals surface area contributed by atoms with Gasteiger partial charge in [0.1, 0.15) is 5.82 Å². The van der Waals surface area contributed by atoms with Crippen molar-refractivity contribution in [2.75, 3.05) is 13.7 Å². The number of hydrogen-bond donors (Lipinski definition) is 1. The summed E-state index contributed by atoms with van der Waals surface area (Å²) in [5.74, 6) is 0.340. The standard InChI is InChI=1S/C21H22FN3O3/c1-27-20(16-7-3-2-4-8-16)21-25-24-19(28-21)11-10-18(26)23-13-12-15-6-5-9-17(22)14-15/h2-9,14,20H,10-13H2,1H3,(H,23,26)/t20-/m1/s1. The second-order valence-electron chi connectivity index (χ2n) is 6.29. The normalized spacial score (nSPS) is 11.9. The summed E-state index contributed by atoms with van der Waals surface area (Å²) in [6.07, 6.45) is 0.695. The second-order valence-corrected chi connectivity index (χ2v) is 6.29. The van der Waals surface area contributed by atoms with Gasteiger partial charge in [0, 0.05) is 26.5 Å². The van der Waals surface area contributed by atoms with Crippen molar-refractivity contribution in [3.05, 3.63) is 83.3 Å². The Bertz CT molecular complexity index is 899. The lowest BCUT2D eigenvalue weighted by Gasteiger charge is -2.10. The Hall–Kier alpha value is -3.06. The van der Waals surface area contributed by atoms with Crippen LogP contribution in [0.4, 0.5) is 4.39 Å². The molecular weight excluding hydrogens is 361 g/mol. The quantitative estimate of drug-likeness (QED) is 0.614. The minimum atomic E-state index is -0.442. The molecule has 0 bridgehead atoms. The molecule has 7 heteroatoms. The molecule has 1 amide bonds. The van der Waals surface area contributed by atoms with Crippen molar-refractivity contribution >= 4 is 5.91 Å². The number of carbonyl (C=O) groups excluding carboxylic acids is 1. The molecule has 0 saturated carbocycles. The summed E-state index contributed by atoms with van der Waals surface area (Å²) in [4.78, 5) is 12.0. The van der Waals surface area contributed by atoms with E-state index < -0.39 is 6.10 Å². The first kappa shape index (κ1) is 19.7. The van der Waals surface area contributed by atoms with Gasteiger partial charge in [-0.05, 0) is 29.7 Å². The van der Waals surface area contributed by atoms with Gasteiger partial charge in [0.25, 0.3) is 0 Å². The lowest BCUT2D eigenvalue weighted by Crippen LogP contribution is -2.25. The van der Waals surface area contributed by atoms with E-state index in [4.69, 9.17) is 9.15 Å². The number of ether oxygens (including phenoxy) is 1. The molecule has 1 N–H and O–H groups in total. The Morgan fingerprint density at radius 1 is 1.14 bits per heavy atom. The van der Waals surface area contributed by atoms with E-state index in [2.05, 4.69) is 15.5 Å². The number of rotatable bonds is 9. The van der Waals surface area contributed by atoms with Gasteiger partial charge in [0.05, 0.1) is 0 Å². The van der Waals surface area contributed by atoms with Crippen LogP contribution in [0.15, 0.2) is 59.0 Å². The van der Waals surface area contributed by atoms with E-state index in [1.807, 2.05) is 36.4 Å². The lowest BCUT2D eigenvalue weighted by molar-refractivity contribution is -0.121. The predicted molar refractivity (Wildman–Crippen MR) is 101 cm³/mol. The molecule has 0 radical (unpaired) electrons. The molecule has 1 atom stereocenters. The molecule has 0 aliphatic carbocycles. The van der Waals surface area contributed by atoms with Crippen molar-refractivity contribution in [2.45, 2.75) is 25.4 Å². The maximum absolute atomic E-state index is 13.1. The monoisotopic (exact) mass is 383 g/mol. The number of amides is 1. The van der Waals surface area contributed by atoms with Crippen molar-refractivity contribution in [3.8, 4) is 0 Å².